The predicted molar refractivity (Wildman–Crippen MR) is 226 cm³/mol. The number of methoxy groups -OCH3 is 2. The van der Waals surface area contributed by atoms with E-state index in [2.05, 4.69) is 69.1 Å². The van der Waals surface area contributed by atoms with Gasteiger partial charge in [-0.05, 0) is 71.7 Å². The summed E-state index contributed by atoms with van der Waals surface area (Å²) >= 11 is 0. The van der Waals surface area contributed by atoms with Crippen molar-refractivity contribution in [3.05, 3.63) is 72.4 Å². The summed E-state index contributed by atoms with van der Waals surface area (Å²) in [6.45, 7) is 9.30. The minimum atomic E-state index is -0.751. The van der Waals surface area contributed by atoms with Crippen molar-refractivity contribution in [3.8, 4) is 22.4 Å². The number of alkyl carbamates (subject to hydrolysis) is 2. The van der Waals surface area contributed by atoms with Gasteiger partial charge in [0.15, 0.2) is 0 Å². The maximum Gasteiger partial charge on any atom is 0.407 e. The van der Waals surface area contributed by atoms with Crippen molar-refractivity contribution in [1.82, 2.24) is 40.4 Å². The normalized spacial score (nSPS) is 21.3. The van der Waals surface area contributed by atoms with Crippen molar-refractivity contribution in [3.63, 3.8) is 0 Å². The van der Waals surface area contributed by atoms with Crippen molar-refractivity contribution in [1.29, 1.82) is 0 Å². The highest BCUT2D eigenvalue weighted by Crippen LogP contribution is 2.45. The number of H-pyrrole nitrogens is 2. The SMILES string of the molecule is COC(=O)N[C@H](C(=O)N1C[C@]2(CCCO2)C[C@H]1c1ncc(-c2ccc(-c3ccc4c(ccc5nc([C@@H]6CCCN6C(=O)[C@@H](NC(=O)OC)C(C)C)[nH]c54)c3)cc2)[nH]1)C(C)C. The van der Waals surface area contributed by atoms with Gasteiger partial charge < -0.3 is 44.6 Å². The van der Waals surface area contributed by atoms with Crippen LogP contribution in [0.4, 0.5) is 9.59 Å². The van der Waals surface area contributed by atoms with Crippen molar-refractivity contribution < 1.29 is 33.4 Å². The van der Waals surface area contributed by atoms with E-state index in [-0.39, 0.29) is 35.7 Å². The van der Waals surface area contributed by atoms with Crippen molar-refractivity contribution in [2.75, 3.05) is 33.9 Å². The van der Waals surface area contributed by atoms with Gasteiger partial charge in [0.05, 0.1) is 61.4 Å². The van der Waals surface area contributed by atoms with E-state index in [4.69, 9.17) is 24.2 Å². The van der Waals surface area contributed by atoms with Gasteiger partial charge in [-0.3, -0.25) is 9.59 Å². The molecule has 8 rings (SSSR count). The zero-order valence-electron chi connectivity index (χ0n) is 35.0. The molecule has 1 spiro atoms. The van der Waals surface area contributed by atoms with E-state index in [1.807, 2.05) is 49.8 Å². The van der Waals surface area contributed by atoms with Crippen LogP contribution in [-0.4, -0.2) is 105 Å². The highest BCUT2D eigenvalue weighted by Gasteiger charge is 2.51. The number of fused-ring (bicyclic) bond motifs is 3. The lowest BCUT2D eigenvalue weighted by molar-refractivity contribution is -0.136. The van der Waals surface area contributed by atoms with Crippen LogP contribution in [0.25, 0.3) is 44.2 Å². The zero-order chi connectivity index (χ0) is 42.3. The molecule has 5 aromatic rings. The highest BCUT2D eigenvalue weighted by molar-refractivity contribution is 6.05. The number of likely N-dealkylation sites (tertiary alicyclic amines) is 2. The van der Waals surface area contributed by atoms with Crippen molar-refractivity contribution in [2.24, 2.45) is 11.8 Å². The Morgan fingerprint density at radius 1 is 0.800 bits per heavy atom. The van der Waals surface area contributed by atoms with Crippen LogP contribution in [0.1, 0.15) is 83.5 Å². The predicted octanol–water partition coefficient (Wildman–Crippen LogP) is 7.02. The Morgan fingerprint density at radius 2 is 1.47 bits per heavy atom. The molecule has 15 nitrogen and oxygen atoms in total. The molecule has 0 radical (unpaired) electrons. The molecule has 5 atom stereocenters. The van der Waals surface area contributed by atoms with E-state index in [0.717, 1.165) is 75.7 Å². The van der Waals surface area contributed by atoms with Crippen LogP contribution < -0.4 is 10.6 Å². The van der Waals surface area contributed by atoms with Crippen LogP contribution in [0.5, 0.6) is 0 Å². The molecule has 3 aromatic carbocycles. The van der Waals surface area contributed by atoms with E-state index in [1.54, 1.807) is 0 Å². The molecule has 2 aromatic heterocycles. The number of ether oxygens (including phenoxy) is 3. The van der Waals surface area contributed by atoms with Crippen LogP contribution in [0.2, 0.25) is 0 Å². The number of hydrogen-bond acceptors (Lipinski definition) is 9. The Balaban J connectivity index is 1.00. The Morgan fingerprint density at radius 3 is 2.12 bits per heavy atom. The summed E-state index contributed by atoms with van der Waals surface area (Å²) in [6.07, 6.45) is 4.57. The largest absolute Gasteiger partial charge is 0.453 e. The minimum absolute atomic E-state index is 0.115. The standard InChI is InChI=1S/C45H54N8O7/c1-25(2)36(50-43(56)58-5)41(54)52-19-7-9-34(52)40-47-32-17-15-30-21-29(14-16-31(30)38(32)49-40)27-10-12-28(13-11-27)33-23-46-39(48-33)35-22-45(18-8-20-60-45)24-53(35)42(55)37(26(3)4)51-44(57)59-6/h10-17,21,23,25-26,34-37H,7-9,18-20,22,24H2,1-6H3,(H,46,48)(H,47,49)(H,50,56)(H,51,57)/t34-,35-,36-,37-,45-/m0/s1. The van der Waals surface area contributed by atoms with Gasteiger partial charge in [0.2, 0.25) is 11.8 Å². The summed E-state index contributed by atoms with van der Waals surface area (Å²) in [5.41, 5.74) is 5.22. The van der Waals surface area contributed by atoms with Gasteiger partial charge in [-0.25, -0.2) is 19.6 Å². The summed E-state index contributed by atoms with van der Waals surface area (Å²) in [6, 6.07) is 16.8. The van der Waals surface area contributed by atoms with Crippen LogP contribution >= 0.6 is 0 Å². The molecule has 0 bridgehead atoms. The Labute approximate surface area is 348 Å². The van der Waals surface area contributed by atoms with Gasteiger partial charge in [-0.2, -0.15) is 0 Å². The lowest BCUT2D eigenvalue weighted by atomic mass is 9.96. The molecule has 3 aliphatic rings. The highest BCUT2D eigenvalue weighted by atomic mass is 16.5. The molecule has 316 valence electrons. The molecule has 3 aliphatic heterocycles. The molecule has 15 heteroatoms. The third-order valence-corrected chi connectivity index (χ3v) is 12.4. The summed E-state index contributed by atoms with van der Waals surface area (Å²) in [7, 11) is 2.58. The number of nitrogens with zero attached hydrogens (tertiary/aromatic N) is 4. The van der Waals surface area contributed by atoms with Crippen LogP contribution in [0.3, 0.4) is 0 Å². The second-order valence-electron chi connectivity index (χ2n) is 17.0. The third kappa shape index (κ3) is 7.78. The molecule has 0 saturated carbocycles. The van der Waals surface area contributed by atoms with E-state index in [0.29, 0.717) is 31.9 Å². The van der Waals surface area contributed by atoms with E-state index < -0.39 is 29.9 Å². The average Bonchev–Trinajstić information content (AvgIpc) is 4.11. The fourth-order valence-corrected chi connectivity index (χ4v) is 9.20. The average molecular weight is 819 g/mol. The molecule has 0 unspecified atom stereocenters. The molecule has 4 N–H and O–H groups in total. The minimum Gasteiger partial charge on any atom is -0.453 e. The third-order valence-electron chi connectivity index (χ3n) is 12.4. The van der Waals surface area contributed by atoms with E-state index in [1.165, 1.54) is 14.2 Å². The summed E-state index contributed by atoms with van der Waals surface area (Å²) in [5, 5.41) is 7.54. The first-order chi connectivity index (χ1) is 28.9. The van der Waals surface area contributed by atoms with Crippen molar-refractivity contribution in [2.45, 2.75) is 89.6 Å². The maximum absolute atomic E-state index is 14.0. The van der Waals surface area contributed by atoms with Crippen LogP contribution in [0.15, 0.2) is 60.8 Å². The first-order valence-electron chi connectivity index (χ1n) is 20.9. The number of aromatic nitrogens is 4. The topological polar surface area (TPSA) is 184 Å². The Hall–Kier alpha value is -5.96. The fourth-order valence-electron chi connectivity index (χ4n) is 9.20. The summed E-state index contributed by atoms with van der Waals surface area (Å²) in [5.74, 6) is 0.826. The molecule has 3 saturated heterocycles. The smallest absolute Gasteiger partial charge is 0.407 e. The van der Waals surface area contributed by atoms with Crippen LogP contribution in [0, 0.1) is 11.8 Å². The van der Waals surface area contributed by atoms with E-state index in [9.17, 15) is 19.2 Å². The first-order valence-corrected chi connectivity index (χ1v) is 20.9. The van der Waals surface area contributed by atoms with Gasteiger partial charge in [0.25, 0.3) is 0 Å². The van der Waals surface area contributed by atoms with Gasteiger partial charge >= 0.3 is 12.2 Å². The van der Waals surface area contributed by atoms with Gasteiger partial charge in [0.1, 0.15) is 23.7 Å². The molecule has 5 heterocycles. The number of nitrogens with one attached hydrogen (secondary N) is 4. The molecular formula is C45H54N8O7. The number of carbonyl (C=O) groups excluding carboxylic acids is 4. The molecule has 0 aliphatic carbocycles. The summed E-state index contributed by atoms with van der Waals surface area (Å²) < 4.78 is 15.9. The second kappa shape index (κ2) is 16.6. The number of rotatable bonds is 10. The molecule has 60 heavy (non-hydrogen) atoms. The first kappa shape index (κ1) is 40.8. The van der Waals surface area contributed by atoms with E-state index >= 15 is 0 Å². The number of amides is 4. The molecular weight excluding hydrogens is 765 g/mol. The zero-order valence-corrected chi connectivity index (χ0v) is 35.0. The molecule has 4 amide bonds. The number of aromatic amines is 2. The summed E-state index contributed by atoms with van der Waals surface area (Å²) in [4.78, 5) is 72.4. The van der Waals surface area contributed by atoms with Gasteiger partial charge in [-0.15, -0.1) is 0 Å². The number of imidazole rings is 2. The molecule has 3 fully saturated rings. The Bertz CT molecular complexity index is 2400. The number of hydrogen-bond donors (Lipinski definition) is 4. The fraction of sp³-hybridized carbons (Fsp3) is 0.467. The monoisotopic (exact) mass is 818 g/mol. The van der Waals surface area contributed by atoms with Crippen molar-refractivity contribution >= 4 is 45.8 Å². The lowest BCUT2D eigenvalue weighted by Crippen LogP contribution is -2.51. The number of benzene rings is 3. The Kier molecular flexibility index (Phi) is 11.3. The van der Waals surface area contributed by atoms with Crippen LogP contribution in [-0.2, 0) is 23.8 Å². The lowest BCUT2D eigenvalue weighted by Gasteiger charge is -2.30. The van der Waals surface area contributed by atoms with Gasteiger partial charge in [-0.1, -0.05) is 70.2 Å². The second-order valence-corrected chi connectivity index (χ2v) is 17.0. The van der Waals surface area contributed by atoms with Gasteiger partial charge in [0, 0.05) is 25.0 Å². The number of carbonyl (C=O) groups is 4. The quantitative estimate of drug-likeness (QED) is 0.115. The maximum atomic E-state index is 14.0.